The molecule has 7 heteroatoms. The van der Waals surface area contributed by atoms with Crippen LogP contribution in [0.2, 0.25) is 5.02 Å². The van der Waals surface area contributed by atoms with Crippen molar-refractivity contribution in [2.45, 2.75) is 6.61 Å². The van der Waals surface area contributed by atoms with Crippen LogP contribution in [0.3, 0.4) is 0 Å². The van der Waals surface area contributed by atoms with Gasteiger partial charge in [0.2, 0.25) is 0 Å². The average Bonchev–Trinajstić information content (AvgIpc) is 2.72. The molecule has 0 unspecified atom stereocenters. The fourth-order valence-electron chi connectivity index (χ4n) is 2.25. The largest absolute Gasteiger partial charge is 0.493 e. The van der Waals surface area contributed by atoms with E-state index in [0.29, 0.717) is 28.7 Å². The quantitative estimate of drug-likeness (QED) is 0.586. The first-order chi connectivity index (χ1) is 13.5. The summed E-state index contributed by atoms with van der Waals surface area (Å²) in [5.74, 6) is 0.981. The van der Waals surface area contributed by atoms with Gasteiger partial charge < -0.3 is 15.2 Å². The molecular formula is C21H15ClN4O2. The minimum Gasteiger partial charge on any atom is -0.493 e. The number of hydrogen-bond acceptors (Lipinski definition) is 6. The molecular weight excluding hydrogens is 376 g/mol. The molecule has 0 aliphatic carbocycles. The minimum absolute atomic E-state index is 0.00925. The number of benzene rings is 2. The third-order valence-corrected chi connectivity index (χ3v) is 3.96. The standard InChI is InChI=1S/C21H15ClN4O2/c1-27-20-9-15(8-16(10-23)21(26)17(11-24)12-25)4-7-19(20)28-13-14-2-5-18(22)6-3-14/h2-9H,13,26H2,1H3/b16-8+. The van der Waals surface area contributed by atoms with Gasteiger partial charge in [-0.15, -0.1) is 0 Å². The number of allylic oxidation sites excluding steroid dienone is 2. The van der Waals surface area contributed by atoms with Crippen molar-refractivity contribution < 1.29 is 9.47 Å². The molecule has 2 aromatic carbocycles. The zero-order valence-corrected chi connectivity index (χ0v) is 15.7. The summed E-state index contributed by atoms with van der Waals surface area (Å²) in [6.07, 6.45) is 1.47. The van der Waals surface area contributed by atoms with E-state index < -0.39 is 0 Å². The topological polar surface area (TPSA) is 116 Å². The van der Waals surface area contributed by atoms with E-state index in [0.717, 1.165) is 5.56 Å². The Morgan fingerprint density at radius 2 is 1.71 bits per heavy atom. The first-order valence-electron chi connectivity index (χ1n) is 7.99. The molecule has 0 saturated heterocycles. The van der Waals surface area contributed by atoms with Crippen LogP contribution in [0.15, 0.2) is 59.3 Å². The smallest absolute Gasteiger partial charge is 0.161 e. The number of nitriles is 3. The van der Waals surface area contributed by atoms with Gasteiger partial charge in [0, 0.05) is 5.02 Å². The number of ether oxygens (including phenoxy) is 2. The van der Waals surface area contributed by atoms with Crippen LogP contribution in [0.5, 0.6) is 11.5 Å². The zero-order chi connectivity index (χ0) is 20.5. The summed E-state index contributed by atoms with van der Waals surface area (Å²) in [7, 11) is 1.50. The van der Waals surface area contributed by atoms with E-state index in [1.165, 1.54) is 13.2 Å². The normalized spacial score (nSPS) is 10.2. The lowest BCUT2D eigenvalue weighted by molar-refractivity contribution is 0.284. The Balaban J connectivity index is 2.28. The molecule has 0 amide bonds. The average molecular weight is 391 g/mol. The number of nitrogens with zero attached hydrogens (tertiary/aromatic N) is 3. The summed E-state index contributed by atoms with van der Waals surface area (Å²) >= 11 is 5.87. The molecule has 0 spiro atoms. The van der Waals surface area contributed by atoms with E-state index in [9.17, 15) is 5.26 Å². The Bertz CT molecular complexity index is 1040. The van der Waals surface area contributed by atoms with E-state index in [4.69, 9.17) is 37.3 Å². The molecule has 0 aliphatic heterocycles. The van der Waals surface area contributed by atoms with Gasteiger partial charge in [0.1, 0.15) is 24.8 Å². The molecule has 0 radical (unpaired) electrons. The van der Waals surface area contributed by atoms with Gasteiger partial charge in [-0.05, 0) is 41.5 Å². The van der Waals surface area contributed by atoms with Crippen LogP contribution in [0, 0.1) is 34.0 Å². The Kier molecular flexibility index (Phi) is 7.06. The van der Waals surface area contributed by atoms with Crippen LogP contribution in [-0.4, -0.2) is 7.11 Å². The van der Waals surface area contributed by atoms with Gasteiger partial charge in [0.05, 0.1) is 18.4 Å². The molecule has 0 atom stereocenters. The lowest BCUT2D eigenvalue weighted by Crippen LogP contribution is -2.03. The van der Waals surface area contributed by atoms with Crippen molar-refractivity contribution in [1.29, 1.82) is 15.8 Å². The zero-order valence-electron chi connectivity index (χ0n) is 14.9. The third kappa shape index (κ3) is 5.05. The molecule has 0 fully saturated rings. The van der Waals surface area contributed by atoms with Crippen molar-refractivity contribution >= 4 is 17.7 Å². The summed E-state index contributed by atoms with van der Waals surface area (Å²) in [4.78, 5) is 0. The van der Waals surface area contributed by atoms with Gasteiger partial charge >= 0.3 is 0 Å². The summed E-state index contributed by atoms with van der Waals surface area (Å²) in [6, 6.07) is 17.6. The number of methoxy groups -OCH3 is 1. The highest BCUT2D eigenvalue weighted by molar-refractivity contribution is 6.30. The van der Waals surface area contributed by atoms with E-state index in [1.54, 1.807) is 42.5 Å². The first kappa shape index (κ1) is 20.4. The fourth-order valence-corrected chi connectivity index (χ4v) is 2.38. The van der Waals surface area contributed by atoms with Crippen molar-refractivity contribution in [2.24, 2.45) is 5.73 Å². The van der Waals surface area contributed by atoms with Crippen molar-refractivity contribution in [1.82, 2.24) is 0 Å². The maximum absolute atomic E-state index is 9.29. The fraction of sp³-hybridized carbons (Fsp3) is 0.0952. The third-order valence-electron chi connectivity index (χ3n) is 3.71. The van der Waals surface area contributed by atoms with E-state index in [2.05, 4.69) is 0 Å². The Morgan fingerprint density at radius 1 is 1.04 bits per heavy atom. The highest BCUT2D eigenvalue weighted by Gasteiger charge is 2.10. The van der Waals surface area contributed by atoms with Crippen LogP contribution in [0.1, 0.15) is 11.1 Å². The summed E-state index contributed by atoms with van der Waals surface area (Å²) in [5.41, 5.74) is 6.81. The Hall–Kier alpha value is -3.92. The molecule has 6 nitrogen and oxygen atoms in total. The molecule has 0 aliphatic rings. The summed E-state index contributed by atoms with van der Waals surface area (Å²) < 4.78 is 11.1. The predicted molar refractivity (Wildman–Crippen MR) is 105 cm³/mol. The predicted octanol–water partition coefficient (Wildman–Crippen LogP) is 4.09. The SMILES string of the molecule is COc1cc(/C=C(\C#N)C(N)=C(C#N)C#N)ccc1OCc1ccc(Cl)cc1. The molecule has 2 aromatic rings. The minimum atomic E-state index is -0.317. The van der Waals surface area contributed by atoms with Crippen molar-refractivity contribution in [2.75, 3.05) is 7.11 Å². The van der Waals surface area contributed by atoms with Gasteiger partial charge in [-0.1, -0.05) is 29.8 Å². The number of nitrogens with two attached hydrogens (primary N) is 1. The number of halogens is 1. The molecule has 2 N–H and O–H groups in total. The Labute approximate surface area is 167 Å². The van der Waals surface area contributed by atoms with Crippen LogP contribution in [0.25, 0.3) is 6.08 Å². The lowest BCUT2D eigenvalue weighted by atomic mass is 10.1. The van der Waals surface area contributed by atoms with Gasteiger partial charge in [0.25, 0.3) is 0 Å². The lowest BCUT2D eigenvalue weighted by Gasteiger charge is -2.12. The van der Waals surface area contributed by atoms with Gasteiger partial charge in [-0.25, -0.2) is 0 Å². The number of hydrogen-bond donors (Lipinski definition) is 1. The molecule has 0 heterocycles. The maximum atomic E-state index is 9.29. The molecule has 28 heavy (non-hydrogen) atoms. The van der Waals surface area contributed by atoms with Crippen LogP contribution in [-0.2, 0) is 6.61 Å². The maximum Gasteiger partial charge on any atom is 0.161 e. The van der Waals surface area contributed by atoms with Crippen LogP contribution < -0.4 is 15.2 Å². The second-order valence-corrected chi connectivity index (χ2v) is 5.94. The highest BCUT2D eigenvalue weighted by Crippen LogP contribution is 2.30. The molecule has 2 rings (SSSR count). The molecule has 0 bridgehead atoms. The van der Waals surface area contributed by atoms with E-state index >= 15 is 0 Å². The molecule has 138 valence electrons. The summed E-state index contributed by atoms with van der Waals surface area (Å²) in [5, 5.41) is 27.7. The highest BCUT2D eigenvalue weighted by atomic mass is 35.5. The first-order valence-corrected chi connectivity index (χ1v) is 8.37. The number of rotatable bonds is 6. The van der Waals surface area contributed by atoms with E-state index in [-0.39, 0.29) is 16.8 Å². The van der Waals surface area contributed by atoms with Gasteiger partial charge in [-0.3, -0.25) is 0 Å². The van der Waals surface area contributed by atoms with Gasteiger partial charge in [0.15, 0.2) is 17.1 Å². The van der Waals surface area contributed by atoms with Crippen molar-refractivity contribution in [3.05, 3.63) is 75.5 Å². The van der Waals surface area contributed by atoms with Crippen molar-refractivity contribution in [3.63, 3.8) is 0 Å². The molecule has 0 aromatic heterocycles. The van der Waals surface area contributed by atoms with Crippen LogP contribution >= 0.6 is 11.6 Å². The molecule has 0 saturated carbocycles. The van der Waals surface area contributed by atoms with Crippen molar-refractivity contribution in [3.8, 4) is 29.7 Å². The monoisotopic (exact) mass is 390 g/mol. The summed E-state index contributed by atoms with van der Waals surface area (Å²) in [6.45, 7) is 0.329. The second-order valence-electron chi connectivity index (χ2n) is 5.51. The second kappa shape index (κ2) is 9.69. The van der Waals surface area contributed by atoms with E-state index in [1.807, 2.05) is 18.2 Å². The Morgan fingerprint density at radius 3 is 2.29 bits per heavy atom. The van der Waals surface area contributed by atoms with Gasteiger partial charge in [-0.2, -0.15) is 15.8 Å². The van der Waals surface area contributed by atoms with Crippen LogP contribution in [0.4, 0.5) is 0 Å².